The summed E-state index contributed by atoms with van der Waals surface area (Å²) in [5.74, 6) is -0.707. The molecule has 1 aromatic heterocycles. The first kappa shape index (κ1) is 12.9. The Morgan fingerprint density at radius 3 is 2.79 bits per heavy atom. The minimum atomic E-state index is -0.749. The average Bonchev–Trinajstić information content (AvgIpc) is 2.96. The van der Waals surface area contributed by atoms with E-state index >= 15 is 0 Å². The number of carbonyl (C=O) groups is 1. The molecule has 1 aliphatic carbocycles. The Balaban J connectivity index is 2.04. The number of rotatable bonds is 3. The summed E-state index contributed by atoms with van der Waals surface area (Å²) in [7, 11) is 0. The molecule has 1 atom stereocenters. The molecule has 2 aromatic rings. The summed E-state index contributed by atoms with van der Waals surface area (Å²) in [5, 5.41) is 9.77. The number of benzene rings is 1. The summed E-state index contributed by atoms with van der Waals surface area (Å²) in [4.78, 5) is 13.0. The fraction of sp³-hybridized carbons (Fsp3) is 0.267. The summed E-state index contributed by atoms with van der Waals surface area (Å²) in [5.41, 5.74) is 1.42. The summed E-state index contributed by atoms with van der Waals surface area (Å²) in [6, 6.07) is 11.9. The molecular formula is C15H13BrO2S. The Morgan fingerprint density at radius 2 is 2.11 bits per heavy atom. The van der Waals surface area contributed by atoms with Gasteiger partial charge in [-0.2, -0.15) is 0 Å². The first-order valence-electron chi connectivity index (χ1n) is 6.18. The van der Waals surface area contributed by atoms with E-state index in [1.54, 1.807) is 11.3 Å². The van der Waals surface area contributed by atoms with Gasteiger partial charge in [-0.3, -0.25) is 4.79 Å². The van der Waals surface area contributed by atoms with Crippen LogP contribution >= 0.6 is 27.3 Å². The lowest BCUT2D eigenvalue weighted by molar-refractivity contribution is -0.143. The van der Waals surface area contributed by atoms with Gasteiger partial charge in [-0.25, -0.2) is 0 Å². The fourth-order valence-electron chi connectivity index (χ4n) is 2.91. The van der Waals surface area contributed by atoms with Crippen LogP contribution in [-0.4, -0.2) is 11.1 Å². The normalized spacial score (nSPS) is 21.3. The number of aryl methyl sites for hydroxylation is 1. The quantitative estimate of drug-likeness (QED) is 0.918. The maximum Gasteiger partial charge on any atom is 0.314 e. The fourth-order valence-corrected chi connectivity index (χ4v) is 4.51. The van der Waals surface area contributed by atoms with E-state index in [2.05, 4.69) is 15.9 Å². The van der Waals surface area contributed by atoms with Crippen molar-refractivity contribution in [2.75, 3.05) is 0 Å². The number of aliphatic carboxylic acids is 1. The van der Waals surface area contributed by atoms with Crippen LogP contribution in [0, 0.1) is 0 Å². The van der Waals surface area contributed by atoms with Crippen LogP contribution in [0.2, 0.25) is 0 Å². The Bertz CT molecular complexity index is 635. The van der Waals surface area contributed by atoms with Crippen LogP contribution in [0.25, 0.3) is 0 Å². The zero-order chi connectivity index (χ0) is 13.5. The van der Waals surface area contributed by atoms with Gasteiger partial charge in [0.15, 0.2) is 0 Å². The molecule has 1 heterocycles. The Morgan fingerprint density at radius 1 is 1.32 bits per heavy atom. The Labute approximate surface area is 124 Å². The third-order valence-corrected chi connectivity index (χ3v) is 5.49. The average molecular weight is 337 g/mol. The molecule has 0 saturated heterocycles. The van der Waals surface area contributed by atoms with E-state index in [-0.39, 0.29) is 0 Å². The Kier molecular flexibility index (Phi) is 3.23. The largest absolute Gasteiger partial charge is 0.481 e. The van der Waals surface area contributed by atoms with Gasteiger partial charge in [0.2, 0.25) is 0 Å². The molecule has 1 aromatic carbocycles. The molecule has 98 valence electrons. The lowest BCUT2D eigenvalue weighted by Crippen LogP contribution is -2.35. The smallest absolute Gasteiger partial charge is 0.314 e. The van der Waals surface area contributed by atoms with Crippen molar-refractivity contribution in [2.45, 2.75) is 24.7 Å². The lowest BCUT2D eigenvalue weighted by Gasteiger charge is -2.25. The first-order valence-corrected chi connectivity index (χ1v) is 7.79. The molecule has 0 bridgehead atoms. The van der Waals surface area contributed by atoms with Crippen molar-refractivity contribution < 1.29 is 9.90 Å². The summed E-state index contributed by atoms with van der Waals surface area (Å²) >= 11 is 5.06. The van der Waals surface area contributed by atoms with Crippen LogP contribution in [-0.2, 0) is 23.1 Å². The highest BCUT2D eigenvalue weighted by atomic mass is 79.9. The van der Waals surface area contributed by atoms with Gasteiger partial charge in [-0.1, -0.05) is 24.3 Å². The van der Waals surface area contributed by atoms with E-state index in [4.69, 9.17) is 0 Å². The zero-order valence-corrected chi connectivity index (χ0v) is 12.6. The van der Waals surface area contributed by atoms with Crippen molar-refractivity contribution in [3.8, 4) is 0 Å². The van der Waals surface area contributed by atoms with Crippen molar-refractivity contribution in [1.82, 2.24) is 0 Å². The van der Waals surface area contributed by atoms with E-state index in [0.717, 1.165) is 20.6 Å². The van der Waals surface area contributed by atoms with Crippen molar-refractivity contribution in [2.24, 2.45) is 0 Å². The highest BCUT2D eigenvalue weighted by Gasteiger charge is 2.45. The molecule has 0 aliphatic heterocycles. The van der Waals surface area contributed by atoms with Gasteiger partial charge in [0.05, 0.1) is 9.20 Å². The molecule has 0 spiro atoms. The van der Waals surface area contributed by atoms with Crippen LogP contribution < -0.4 is 0 Å². The maximum absolute atomic E-state index is 11.9. The number of thiophene rings is 1. The first-order chi connectivity index (χ1) is 9.12. The minimum absolute atomic E-state index is 0.579. The van der Waals surface area contributed by atoms with Crippen LogP contribution in [0.3, 0.4) is 0 Å². The van der Waals surface area contributed by atoms with Gasteiger partial charge in [-0.15, -0.1) is 11.3 Å². The zero-order valence-electron chi connectivity index (χ0n) is 10.2. The molecule has 1 unspecified atom stereocenters. The maximum atomic E-state index is 11.9. The number of carboxylic acids is 1. The molecule has 3 rings (SSSR count). The third-order valence-electron chi connectivity index (χ3n) is 3.87. The van der Waals surface area contributed by atoms with Gasteiger partial charge in [0, 0.05) is 11.3 Å². The molecule has 1 N–H and O–H groups in total. The number of hydrogen-bond acceptors (Lipinski definition) is 2. The van der Waals surface area contributed by atoms with Gasteiger partial charge in [-0.05, 0) is 52.0 Å². The van der Waals surface area contributed by atoms with Gasteiger partial charge < -0.3 is 5.11 Å². The molecule has 1 aliphatic rings. The second kappa shape index (κ2) is 4.76. The van der Waals surface area contributed by atoms with Crippen molar-refractivity contribution in [3.05, 3.63) is 56.2 Å². The predicted molar refractivity (Wildman–Crippen MR) is 79.8 cm³/mol. The topological polar surface area (TPSA) is 37.3 Å². The summed E-state index contributed by atoms with van der Waals surface area (Å²) in [6.07, 6.45) is 2.13. The van der Waals surface area contributed by atoms with E-state index < -0.39 is 11.4 Å². The van der Waals surface area contributed by atoms with Crippen LogP contribution in [0.5, 0.6) is 0 Å². The van der Waals surface area contributed by atoms with E-state index in [1.165, 1.54) is 5.56 Å². The third kappa shape index (κ3) is 2.13. The van der Waals surface area contributed by atoms with Gasteiger partial charge >= 0.3 is 5.97 Å². The number of fused-ring (bicyclic) bond motifs is 1. The molecule has 19 heavy (non-hydrogen) atoms. The molecule has 2 nitrogen and oxygen atoms in total. The molecular weight excluding hydrogens is 324 g/mol. The molecule has 0 amide bonds. The highest BCUT2D eigenvalue weighted by molar-refractivity contribution is 9.11. The SMILES string of the molecule is O=C(O)C1(Cc2ccc(Br)s2)CCc2ccccc21. The molecule has 0 radical (unpaired) electrons. The minimum Gasteiger partial charge on any atom is -0.481 e. The molecule has 0 saturated carbocycles. The van der Waals surface area contributed by atoms with Crippen LogP contribution in [0.4, 0.5) is 0 Å². The lowest BCUT2D eigenvalue weighted by atomic mass is 9.78. The standard InChI is InChI=1S/C15H13BrO2S/c16-13-6-5-11(19-13)9-15(14(17)18)8-7-10-3-1-2-4-12(10)15/h1-6H,7-9H2,(H,17,18). The number of carboxylic acid groups (broad SMARTS) is 1. The van der Waals surface area contributed by atoms with E-state index in [0.29, 0.717) is 12.8 Å². The van der Waals surface area contributed by atoms with Crippen molar-refractivity contribution in [1.29, 1.82) is 0 Å². The molecule has 4 heteroatoms. The number of hydrogen-bond donors (Lipinski definition) is 1. The Hall–Kier alpha value is -1.13. The van der Waals surface area contributed by atoms with Gasteiger partial charge in [0.25, 0.3) is 0 Å². The molecule has 0 fully saturated rings. The second-order valence-electron chi connectivity index (χ2n) is 4.93. The van der Waals surface area contributed by atoms with Crippen molar-refractivity contribution in [3.63, 3.8) is 0 Å². The van der Waals surface area contributed by atoms with Crippen LogP contribution in [0.1, 0.15) is 22.4 Å². The van der Waals surface area contributed by atoms with E-state index in [9.17, 15) is 9.90 Å². The summed E-state index contributed by atoms with van der Waals surface area (Å²) < 4.78 is 1.05. The predicted octanol–water partition coefficient (Wildman–Crippen LogP) is 4.02. The van der Waals surface area contributed by atoms with Crippen LogP contribution in [0.15, 0.2) is 40.2 Å². The van der Waals surface area contributed by atoms with Gasteiger partial charge in [0.1, 0.15) is 0 Å². The van der Waals surface area contributed by atoms with Crippen molar-refractivity contribution >= 4 is 33.2 Å². The summed E-state index contributed by atoms with van der Waals surface area (Å²) in [6.45, 7) is 0. The second-order valence-corrected chi connectivity index (χ2v) is 7.47. The monoisotopic (exact) mass is 336 g/mol. The number of halogens is 1. The van der Waals surface area contributed by atoms with E-state index in [1.807, 2.05) is 36.4 Å². The highest BCUT2D eigenvalue weighted by Crippen LogP contribution is 2.43.